The Kier molecular flexibility index (Phi) is 12.7. The van der Waals surface area contributed by atoms with Crippen LogP contribution >= 0.6 is 0 Å². The SMILES string of the molecule is CCc1ccncc1-c1c2c3cc(ccc3n1CC)-c1cc(O)cc(c1)C[C@H](NC(=O)[C@H](C(C)C)N(C)C(=O)[C@H]1CCNC1)C(=O)N1CCC[C@H](N1)C(=O)OCC(C)(C)C2. The molecule has 3 aliphatic heterocycles. The van der Waals surface area contributed by atoms with Crippen LogP contribution in [0.4, 0.5) is 0 Å². The number of aromatic nitrogens is 2. The average Bonchev–Trinajstić information content (AvgIpc) is 3.88. The smallest absolute Gasteiger partial charge is 0.324 e. The third-order valence-corrected chi connectivity index (χ3v) is 12.5. The van der Waals surface area contributed by atoms with Crippen molar-refractivity contribution >= 4 is 34.6 Å². The molecule has 2 aromatic heterocycles. The highest BCUT2D eigenvalue weighted by Gasteiger charge is 2.39. The quantitative estimate of drug-likeness (QED) is 0.171. The highest BCUT2D eigenvalue weighted by molar-refractivity contribution is 5.96. The fraction of sp³-hybridized carbons (Fsp3) is 0.511. The fourth-order valence-electron chi connectivity index (χ4n) is 9.43. The second kappa shape index (κ2) is 17.8. The molecule has 0 saturated carbocycles. The number of cyclic esters (lactones) is 1. The summed E-state index contributed by atoms with van der Waals surface area (Å²) in [5, 5.41) is 20.0. The van der Waals surface area contributed by atoms with Gasteiger partial charge in [0.05, 0.1) is 18.2 Å². The number of aromatic hydroxyl groups is 1. The number of hydrazine groups is 1. The number of pyridine rings is 1. The number of benzene rings is 2. The number of carbonyl (C=O) groups is 4. The molecule has 13 heteroatoms. The van der Waals surface area contributed by atoms with Crippen LogP contribution in [-0.4, -0.2) is 99.7 Å². The first-order chi connectivity index (χ1) is 28.7. The van der Waals surface area contributed by atoms with Crippen LogP contribution in [0.5, 0.6) is 5.75 Å². The van der Waals surface area contributed by atoms with Crippen molar-refractivity contribution in [1.82, 2.24) is 35.5 Å². The van der Waals surface area contributed by atoms with Gasteiger partial charge in [0.25, 0.3) is 5.91 Å². The molecule has 0 spiro atoms. The van der Waals surface area contributed by atoms with Gasteiger partial charge < -0.3 is 29.9 Å². The summed E-state index contributed by atoms with van der Waals surface area (Å²) >= 11 is 0. The number of phenols is 1. The fourth-order valence-corrected chi connectivity index (χ4v) is 9.43. The number of aryl methyl sites for hydroxylation is 2. The van der Waals surface area contributed by atoms with Crippen LogP contribution in [0.15, 0.2) is 54.9 Å². The van der Waals surface area contributed by atoms with Gasteiger partial charge in [-0.15, -0.1) is 0 Å². The summed E-state index contributed by atoms with van der Waals surface area (Å²) in [6.45, 7) is 14.8. The van der Waals surface area contributed by atoms with Gasteiger partial charge >= 0.3 is 5.97 Å². The molecule has 2 fully saturated rings. The van der Waals surface area contributed by atoms with E-state index in [2.05, 4.69) is 77.6 Å². The Morgan fingerprint density at radius 1 is 1.08 bits per heavy atom. The van der Waals surface area contributed by atoms with E-state index in [-0.39, 0.29) is 36.5 Å². The molecule has 5 heterocycles. The molecule has 60 heavy (non-hydrogen) atoms. The molecule has 4 N–H and O–H groups in total. The van der Waals surface area contributed by atoms with E-state index < -0.39 is 41.3 Å². The molecule has 320 valence electrons. The number of amides is 3. The lowest BCUT2D eigenvalue weighted by Gasteiger charge is -2.37. The van der Waals surface area contributed by atoms with E-state index in [1.54, 1.807) is 19.2 Å². The van der Waals surface area contributed by atoms with Crippen LogP contribution in [0.2, 0.25) is 0 Å². The third-order valence-electron chi connectivity index (χ3n) is 12.5. The lowest BCUT2D eigenvalue weighted by atomic mass is 9.84. The molecule has 7 rings (SSSR count). The van der Waals surface area contributed by atoms with Gasteiger partial charge in [0.2, 0.25) is 11.8 Å². The van der Waals surface area contributed by atoms with Gasteiger partial charge in [-0.25, -0.2) is 5.43 Å². The molecule has 13 nitrogen and oxygen atoms in total. The number of hydrogen-bond acceptors (Lipinski definition) is 9. The summed E-state index contributed by atoms with van der Waals surface area (Å²) in [4.78, 5) is 62.4. The van der Waals surface area contributed by atoms with E-state index >= 15 is 0 Å². The maximum atomic E-state index is 14.6. The van der Waals surface area contributed by atoms with Crippen molar-refractivity contribution < 1.29 is 29.0 Å². The van der Waals surface area contributed by atoms with Gasteiger partial charge in [-0.05, 0) is 110 Å². The largest absolute Gasteiger partial charge is 0.508 e. The zero-order valence-electron chi connectivity index (χ0n) is 36.1. The van der Waals surface area contributed by atoms with Crippen LogP contribution in [0, 0.1) is 17.3 Å². The number of fused-ring (bicyclic) bond motifs is 6. The van der Waals surface area contributed by atoms with Gasteiger partial charge in [0.1, 0.15) is 23.9 Å². The normalized spacial score (nSPS) is 21.4. The van der Waals surface area contributed by atoms with Crippen LogP contribution < -0.4 is 16.1 Å². The molecular formula is C47H61N7O6. The number of hydrogen-bond donors (Lipinski definition) is 4. The van der Waals surface area contributed by atoms with E-state index in [0.717, 1.165) is 58.4 Å². The van der Waals surface area contributed by atoms with Crippen molar-refractivity contribution in [2.45, 2.75) is 105 Å². The molecule has 6 bridgehead atoms. The molecule has 2 aromatic carbocycles. The molecule has 3 aliphatic rings. The summed E-state index contributed by atoms with van der Waals surface area (Å²) in [6.07, 6.45) is 6.98. The van der Waals surface area contributed by atoms with Crippen molar-refractivity contribution in [2.24, 2.45) is 17.3 Å². The molecule has 4 aromatic rings. The minimum Gasteiger partial charge on any atom is -0.508 e. The molecule has 3 amide bonds. The molecule has 0 unspecified atom stereocenters. The van der Waals surface area contributed by atoms with Gasteiger partial charge in [-0.1, -0.05) is 46.8 Å². The van der Waals surface area contributed by atoms with Crippen molar-refractivity contribution in [3.63, 3.8) is 0 Å². The average molecular weight is 820 g/mol. The number of likely N-dealkylation sites (N-methyl/N-ethyl adjacent to an activating group) is 1. The van der Waals surface area contributed by atoms with E-state index in [9.17, 15) is 24.3 Å². The van der Waals surface area contributed by atoms with E-state index in [1.807, 2.05) is 32.3 Å². The maximum absolute atomic E-state index is 14.6. The van der Waals surface area contributed by atoms with Crippen LogP contribution in [0.1, 0.15) is 77.5 Å². The molecule has 0 radical (unpaired) electrons. The summed E-state index contributed by atoms with van der Waals surface area (Å²) in [5.41, 5.74) is 10.5. The minimum absolute atomic E-state index is 0.0279. The minimum atomic E-state index is -1.09. The first-order valence-corrected chi connectivity index (χ1v) is 21.6. The van der Waals surface area contributed by atoms with Crippen LogP contribution in [0.3, 0.4) is 0 Å². The zero-order chi connectivity index (χ0) is 42.9. The second-order valence-electron chi connectivity index (χ2n) is 17.9. The first kappa shape index (κ1) is 42.8. The Hall–Kier alpha value is -5.27. The summed E-state index contributed by atoms with van der Waals surface area (Å²) < 4.78 is 8.42. The van der Waals surface area contributed by atoms with Gasteiger partial charge in [0, 0.05) is 67.4 Å². The molecule has 4 atom stereocenters. The summed E-state index contributed by atoms with van der Waals surface area (Å²) in [6, 6.07) is 11.0. The Morgan fingerprint density at radius 3 is 2.60 bits per heavy atom. The number of ether oxygens (including phenoxy) is 1. The second-order valence-corrected chi connectivity index (χ2v) is 17.9. The van der Waals surface area contributed by atoms with Crippen LogP contribution in [0.25, 0.3) is 33.3 Å². The van der Waals surface area contributed by atoms with Gasteiger partial charge in [0.15, 0.2) is 0 Å². The van der Waals surface area contributed by atoms with Crippen molar-refractivity contribution in [1.29, 1.82) is 0 Å². The van der Waals surface area contributed by atoms with Crippen LogP contribution in [-0.2, 0) is 49.7 Å². The topological polar surface area (TPSA) is 158 Å². The van der Waals surface area contributed by atoms with E-state index in [1.165, 1.54) is 15.5 Å². The Balaban J connectivity index is 1.33. The number of nitrogens with zero attached hydrogens (tertiary/aromatic N) is 4. The summed E-state index contributed by atoms with van der Waals surface area (Å²) in [5.74, 6) is -1.88. The zero-order valence-corrected chi connectivity index (χ0v) is 36.1. The summed E-state index contributed by atoms with van der Waals surface area (Å²) in [7, 11) is 1.65. The number of carbonyl (C=O) groups excluding carboxylic acids is 4. The number of nitrogens with one attached hydrogen (secondary N) is 3. The predicted molar refractivity (Wildman–Crippen MR) is 232 cm³/mol. The maximum Gasteiger partial charge on any atom is 0.324 e. The van der Waals surface area contributed by atoms with Gasteiger partial charge in [-0.3, -0.25) is 29.2 Å². The standard InChI is InChI=1S/C47H61N7O6/c1-8-30-14-16-49-26-37(30)42-36-24-47(5,6)27-60-46(59)38-11-10-18-54(51-38)45(58)39(50-43(56)41(28(3)4)52(7)44(57)32-15-17-48-25-32)21-29-19-33(22-34(55)20-29)31-12-13-40(35(36)23-31)53(42)9-2/h12-14,16,19-20,22-23,26,28,32,38-39,41,48,51,55H,8-11,15,17-18,21,24-25,27H2,1-7H3,(H,50,56)/t32-,38-,39-,41-/m0/s1. The first-order valence-electron chi connectivity index (χ1n) is 21.6. The Labute approximate surface area is 353 Å². The molecule has 0 aliphatic carbocycles. The Morgan fingerprint density at radius 2 is 1.88 bits per heavy atom. The monoisotopic (exact) mass is 819 g/mol. The number of phenolic OH excluding ortho intramolecular Hbond substituents is 1. The lowest BCUT2D eigenvalue weighted by molar-refractivity contribution is -0.155. The highest BCUT2D eigenvalue weighted by Crippen LogP contribution is 2.41. The van der Waals surface area contributed by atoms with E-state index in [0.29, 0.717) is 44.3 Å². The van der Waals surface area contributed by atoms with Crippen molar-refractivity contribution in [3.05, 3.63) is 71.5 Å². The number of esters is 1. The van der Waals surface area contributed by atoms with Crippen molar-refractivity contribution in [2.75, 3.05) is 33.3 Å². The molecular weight excluding hydrogens is 759 g/mol. The predicted octanol–water partition coefficient (Wildman–Crippen LogP) is 5.40. The number of rotatable bonds is 8. The lowest BCUT2D eigenvalue weighted by Crippen LogP contribution is -2.62. The van der Waals surface area contributed by atoms with Crippen molar-refractivity contribution in [3.8, 4) is 28.1 Å². The third kappa shape index (κ3) is 8.79. The highest BCUT2D eigenvalue weighted by atomic mass is 16.5. The van der Waals surface area contributed by atoms with E-state index in [4.69, 9.17) is 4.74 Å². The van der Waals surface area contributed by atoms with Gasteiger partial charge in [-0.2, -0.15) is 0 Å². The molecule has 2 saturated heterocycles. The Bertz CT molecular complexity index is 2260.